The molecule has 0 aliphatic heterocycles. The number of nitrogens with zero attached hydrogens (tertiary/aromatic N) is 2. The van der Waals surface area contributed by atoms with Crippen LogP contribution in [-0.2, 0) is 0 Å². The summed E-state index contributed by atoms with van der Waals surface area (Å²) >= 11 is 0. The molecule has 0 saturated heterocycles. The van der Waals surface area contributed by atoms with Crippen LogP contribution in [0.3, 0.4) is 0 Å². The van der Waals surface area contributed by atoms with Gasteiger partial charge in [0.1, 0.15) is 11.1 Å². The van der Waals surface area contributed by atoms with E-state index in [2.05, 4.69) is 115 Å². The minimum absolute atomic E-state index is 0.568. The zero-order chi connectivity index (χ0) is 28.3. The largest absolute Gasteiger partial charge is 0.436 e. The molecule has 9 rings (SSSR count). The molecule has 200 valence electrons. The number of para-hydroxylation sites is 2. The lowest BCUT2D eigenvalue weighted by Crippen LogP contribution is -1.90. The van der Waals surface area contributed by atoms with Crippen molar-refractivity contribution in [1.29, 1.82) is 0 Å². The Hall–Kier alpha value is -5.80. The van der Waals surface area contributed by atoms with Crippen molar-refractivity contribution in [3.05, 3.63) is 146 Å². The van der Waals surface area contributed by atoms with Crippen molar-refractivity contribution in [2.24, 2.45) is 0 Å². The Morgan fingerprint density at radius 3 is 1.49 bits per heavy atom. The second kappa shape index (κ2) is 9.37. The first-order valence-corrected chi connectivity index (χ1v) is 14.5. The number of hydrogen-bond donors (Lipinski definition) is 0. The van der Waals surface area contributed by atoms with Crippen LogP contribution in [0.25, 0.3) is 88.2 Å². The molecule has 0 unspecified atom stereocenters. The van der Waals surface area contributed by atoms with E-state index in [4.69, 9.17) is 14.4 Å². The van der Waals surface area contributed by atoms with Gasteiger partial charge in [0.2, 0.25) is 5.71 Å². The monoisotopic (exact) mass is 548 g/mol. The first kappa shape index (κ1) is 23.9. The van der Waals surface area contributed by atoms with Gasteiger partial charge in [0.25, 0.3) is 0 Å². The molecule has 3 nitrogen and oxygen atoms in total. The van der Waals surface area contributed by atoms with Gasteiger partial charge in [0, 0.05) is 5.39 Å². The molecule has 0 fully saturated rings. The summed E-state index contributed by atoms with van der Waals surface area (Å²) in [4.78, 5) is 9.59. The van der Waals surface area contributed by atoms with E-state index in [1.807, 2.05) is 30.3 Å². The molecule has 0 radical (unpaired) electrons. The number of hydrogen-bond acceptors (Lipinski definition) is 3. The molecule has 0 amide bonds. The minimum Gasteiger partial charge on any atom is -0.436 e. The van der Waals surface area contributed by atoms with E-state index in [1.54, 1.807) is 0 Å². The van der Waals surface area contributed by atoms with E-state index in [0.29, 0.717) is 5.71 Å². The molecule has 0 bridgehead atoms. The first-order chi connectivity index (χ1) is 21.3. The summed E-state index contributed by atoms with van der Waals surface area (Å²) in [7, 11) is 0. The van der Waals surface area contributed by atoms with Gasteiger partial charge in [-0.05, 0) is 79.2 Å². The van der Waals surface area contributed by atoms with Gasteiger partial charge in [-0.25, -0.2) is 9.97 Å². The Labute approximate surface area is 247 Å². The molecule has 0 aliphatic carbocycles. The van der Waals surface area contributed by atoms with Crippen molar-refractivity contribution in [2.75, 3.05) is 0 Å². The Morgan fingerprint density at radius 1 is 0.372 bits per heavy atom. The standard InChI is InChI=1S/C40H24N2O/c1-2-10-26(11-3-1)37-29-12-4-6-14-31(29)38(32-15-7-5-13-30(32)37)27-20-18-25(19-21-27)28-22-23-36-33(24-28)39-40(43-36)42-35-17-9-8-16-34(35)41-39/h1-24H. The van der Waals surface area contributed by atoms with E-state index in [-0.39, 0.29) is 0 Å². The van der Waals surface area contributed by atoms with Crippen molar-refractivity contribution in [1.82, 2.24) is 9.97 Å². The Kier molecular flexibility index (Phi) is 5.20. The van der Waals surface area contributed by atoms with Crippen molar-refractivity contribution in [2.45, 2.75) is 0 Å². The lowest BCUT2D eigenvalue weighted by Gasteiger charge is -2.18. The molecule has 0 spiro atoms. The summed E-state index contributed by atoms with van der Waals surface area (Å²) < 4.78 is 6.08. The molecule has 0 aliphatic rings. The maximum atomic E-state index is 6.08. The van der Waals surface area contributed by atoms with Gasteiger partial charge in [0.15, 0.2) is 0 Å². The Bertz CT molecular complexity index is 2440. The van der Waals surface area contributed by atoms with Crippen LogP contribution in [-0.4, -0.2) is 9.97 Å². The van der Waals surface area contributed by atoms with Crippen LogP contribution in [0.2, 0.25) is 0 Å². The summed E-state index contributed by atoms with van der Waals surface area (Å²) in [6, 6.07) is 51.4. The number of aromatic nitrogens is 2. The van der Waals surface area contributed by atoms with Crippen LogP contribution in [0.15, 0.2) is 150 Å². The van der Waals surface area contributed by atoms with Gasteiger partial charge >= 0.3 is 0 Å². The summed E-state index contributed by atoms with van der Waals surface area (Å²) in [5.74, 6) is 0. The van der Waals surface area contributed by atoms with Crippen LogP contribution >= 0.6 is 0 Å². The van der Waals surface area contributed by atoms with Crippen molar-refractivity contribution in [3.8, 4) is 33.4 Å². The third kappa shape index (κ3) is 3.75. The number of fused-ring (bicyclic) bond motifs is 6. The number of furan rings is 1. The third-order valence-electron chi connectivity index (χ3n) is 8.48. The van der Waals surface area contributed by atoms with Crippen molar-refractivity contribution in [3.63, 3.8) is 0 Å². The number of rotatable bonds is 3. The molecule has 2 heterocycles. The predicted octanol–water partition coefficient (Wildman–Crippen LogP) is 10.8. The molecular weight excluding hydrogens is 524 g/mol. The van der Waals surface area contributed by atoms with Gasteiger partial charge in [0.05, 0.1) is 11.0 Å². The highest BCUT2D eigenvalue weighted by Gasteiger charge is 2.17. The summed E-state index contributed by atoms with van der Waals surface area (Å²) in [5.41, 5.74) is 11.1. The average Bonchev–Trinajstić information content (AvgIpc) is 3.43. The van der Waals surface area contributed by atoms with Gasteiger partial charge in [-0.15, -0.1) is 0 Å². The van der Waals surface area contributed by atoms with Crippen LogP contribution in [0, 0.1) is 0 Å². The highest BCUT2D eigenvalue weighted by Crippen LogP contribution is 2.44. The van der Waals surface area contributed by atoms with Gasteiger partial charge in [-0.3, -0.25) is 0 Å². The lowest BCUT2D eigenvalue weighted by atomic mass is 9.86. The Morgan fingerprint density at radius 2 is 0.860 bits per heavy atom. The maximum Gasteiger partial charge on any atom is 0.246 e. The van der Waals surface area contributed by atoms with Crippen LogP contribution < -0.4 is 0 Å². The zero-order valence-electron chi connectivity index (χ0n) is 23.2. The van der Waals surface area contributed by atoms with Gasteiger partial charge in [-0.1, -0.05) is 121 Å². The third-order valence-corrected chi connectivity index (χ3v) is 8.48. The number of benzene rings is 7. The summed E-state index contributed by atoms with van der Waals surface area (Å²) in [6.07, 6.45) is 0. The van der Waals surface area contributed by atoms with E-state index >= 15 is 0 Å². The topological polar surface area (TPSA) is 38.9 Å². The SMILES string of the molecule is c1ccc(-c2c3ccccc3c(-c3ccc(-c4ccc5oc6nc7ccccc7nc6c5c4)cc3)c3ccccc23)cc1. The smallest absolute Gasteiger partial charge is 0.246 e. The van der Waals surface area contributed by atoms with E-state index in [9.17, 15) is 0 Å². The highest BCUT2D eigenvalue weighted by atomic mass is 16.3. The molecule has 7 aromatic carbocycles. The minimum atomic E-state index is 0.568. The maximum absolute atomic E-state index is 6.08. The zero-order valence-corrected chi connectivity index (χ0v) is 23.2. The van der Waals surface area contributed by atoms with Crippen molar-refractivity contribution >= 4 is 54.8 Å². The van der Waals surface area contributed by atoms with E-state index < -0.39 is 0 Å². The fourth-order valence-electron chi connectivity index (χ4n) is 6.50. The fourth-order valence-corrected chi connectivity index (χ4v) is 6.50. The van der Waals surface area contributed by atoms with Crippen LogP contribution in [0.1, 0.15) is 0 Å². The Balaban J connectivity index is 1.20. The second-order valence-corrected chi connectivity index (χ2v) is 11.0. The second-order valence-electron chi connectivity index (χ2n) is 11.0. The first-order valence-electron chi connectivity index (χ1n) is 14.5. The van der Waals surface area contributed by atoms with Gasteiger partial charge < -0.3 is 4.42 Å². The molecular formula is C40H24N2O. The molecule has 0 saturated carbocycles. The van der Waals surface area contributed by atoms with Crippen LogP contribution in [0.4, 0.5) is 0 Å². The van der Waals surface area contributed by atoms with Gasteiger partial charge in [-0.2, -0.15) is 0 Å². The lowest BCUT2D eigenvalue weighted by molar-refractivity contribution is 0.655. The molecule has 2 aromatic heterocycles. The predicted molar refractivity (Wildman–Crippen MR) is 178 cm³/mol. The highest BCUT2D eigenvalue weighted by molar-refractivity contribution is 6.21. The van der Waals surface area contributed by atoms with E-state index in [1.165, 1.54) is 43.8 Å². The quantitative estimate of drug-likeness (QED) is 0.206. The molecule has 43 heavy (non-hydrogen) atoms. The molecule has 9 aromatic rings. The molecule has 3 heteroatoms. The molecule has 0 N–H and O–H groups in total. The fraction of sp³-hybridized carbons (Fsp3) is 0. The summed E-state index contributed by atoms with van der Waals surface area (Å²) in [5, 5.41) is 6.01. The van der Waals surface area contributed by atoms with E-state index in [0.717, 1.165) is 38.6 Å². The average molecular weight is 549 g/mol. The molecule has 0 atom stereocenters. The summed E-state index contributed by atoms with van der Waals surface area (Å²) in [6.45, 7) is 0. The normalized spacial score (nSPS) is 11.7. The van der Waals surface area contributed by atoms with Crippen molar-refractivity contribution < 1.29 is 4.42 Å². The van der Waals surface area contributed by atoms with Crippen LogP contribution in [0.5, 0.6) is 0 Å².